The fourth-order valence-corrected chi connectivity index (χ4v) is 1.46. The maximum Gasteiger partial charge on any atom is 0.317 e. The molecule has 0 aliphatic heterocycles. The van der Waals surface area contributed by atoms with E-state index in [2.05, 4.69) is 15.3 Å². The Bertz CT molecular complexity index is 319. The minimum Gasteiger partial charge on any atom is -0.480 e. The molecule has 2 N–H and O–H groups in total. The zero-order valence-electron chi connectivity index (χ0n) is 7.73. The van der Waals surface area contributed by atoms with Gasteiger partial charge in [0.15, 0.2) is 0 Å². The lowest BCUT2D eigenvalue weighted by atomic mass is 10.4. The van der Waals surface area contributed by atoms with E-state index in [1.807, 2.05) is 6.26 Å². The first-order chi connectivity index (χ1) is 6.74. The Morgan fingerprint density at radius 3 is 2.93 bits per heavy atom. The van der Waals surface area contributed by atoms with Gasteiger partial charge in [-0.05, 0) is 6.26 Å². The van der Waals surface area contributed by atoms with Gasteiger partial charge < -0.3 is 10.4 Å². The van der Waals surface area contributed by atoms with Crippen LogP contribution in [-0.2, 0) is 11.3 Å². The van der Waals surface area contributed by atoms with Gasteiger partial charge in [-0.25, -0.2) is 4.98 Å². The number of hydrogen-bond acceptors (Lipinski definition) is 5. The Kier molecular flexibility index (Phi) is 4.34. The van der Waals surface area contributed by atoms with Crippen molar-refractivity contribution in [2.75, 3.05) is 12.8 Å². The highest BCUT2D eigenvalue weighted by Crippen LogP contribution is 2.13. The van der Waals surface area contributed by atoms with Crippen molar-refractivity contribution in [3.63, 3.8) is 0 Å². The van der Waals surface area contributed by atoms with Gasteiger partial charge in [0.1, 0.15) is 5.03 Å². The molecule has 0 aliphatic carbocycles. The number of nitrogens with one attached hydrogen (secondary N) is 1. The van der Waals surface area contributed by atoms with Gasteiger partial charge in [-0.3, -0.25) is 9.78 Å². The van der Waals surface area contributed by atoms with Crippen LogP contribution in [0.1, 0.15) is 5.69 Å². The average Bonchev–Trinajstić information content (AvgIpc) is 2.18. The van der Waals surface area contributed by atoms with E-state index in [-0.39, 0.29) is 6.54 Å². The molecule has 0 aromatic carbocycles. The van der Waals surface area contributed by atoms with Crippen LogP contribution in [0, 0.1) is 0 Å². The summed E-state index contributed by atoms with van der Waals surface area (Å²) in [7, 11) is 0. The van der Waals surface area contributed by atoms with Crippen molar-refractivity contribution in [1.29, 1.82) is 0 Å². The van der Waals surface area contributed by atoms with Gasteiger partial charge in [-0.1, -0.05) is 0 Å². The van der Waals surface area contributed by atoms with Crippen LogP contribution in [0.3, 0.4) is 0 Å². The summed E-state index contributed by atoms with van der Waals surface area (Å²) in [5.74, 6) is -0.875. The summed E-state index contributed by atoms with van der Waals surface area (Å²) in [5, 5.41) is 12.0. The molecular formula is C8H11N3O2S. The fraction of sp³-hybridized carbons (Fsp3) is 0.375. The molecule has 0 atom stereocenters. The van der Waals surface area contributed by atoms with Gasteiger partial charge in [0.05, 0.1) is 12.2 Å². The van der Waals surface area contributed by atoms with Gasteiger partial charge >= 0.3 is 5.97 Å². The maximum absolute atomic E-state index is 10.2. The summed E-state index contributed by atoms with van der Waals surface area (Å²) in [6, 6.07) is 0. The third kappa shape index (κ3) is 3.31. The standard InChI is InChI=1S/C8H11N3O2S/c1-14-8-6(10-2-3-11-8)4-9-5-7(12)13/h2-3,9H,4-5H2,1H3,(H,12,13). The summed E-state index contributed by atoms with van der Waals surface area (Å²) in [5.41, 5.74) is 0.779. The molecule has 1 aromatic heterocycles. The second kappa shape index (κ2) is 5.56. The van der Waals surface area contributed by atoms with Crippen LogP contribution < -0.4 is 5.32 Å². The third-order valence-corrected chi connectivity index (χ3v) is 2.23. The van der Waals surface area contributed by atoms with Gasteiger partial charge in [-0.15, -0.1) is 11.8 Å². The van der Waals surface area contributed by atoms with Crippen molar-refractivity contribution in [3.8, 4) is 0 Å². The minimum atomic E-state index is -0.875. The Morgan fingerprint density at radius 1 is 1.57 bits per heavy atom. The van der Waals surface area contributed by atoms with Crippen LogP contribution in [-0.4, -0.2) is 33.8 Å². The second-order valence-electron chi connectivity index (χ2n) is 2.51. The third-order valence-electron chi connectivity index (χ3n) is 1.50. The molecule has 0 spiro atoms. The van der Waals surface area contributed by atoms with Crippen LogP contribution in [0.2, 0.25) is 0 Å². The van der Waals surface area contributed by atoms with Crippen molar-refractivity contribution < 1.29 is 9.90 Å². The molecule has 0 fully saturated rings. The number of hydrogen-bond donors (Lipinski definition) is 2. The van der Waals surface area contributed by atoms with Crippen molar-refractivity contribution in [3.05, 3.63) is 18.1 Å². The van der Waals surface area contributed by atoms with E-state index in [0.29, 0.717) is 6.54 Å². The van der Waals surface area contributed by atoms with Gasteiger partial charge in [0, 0.05) is 18.9 Å². The van der Waals surface area contributed by atoms with Crippen LogP contribution in [0.5, 0.6) is 0 Å². The van der Waals surface area contributed by atoms with E-state index in [1.54, 1.807) is 12.4 Å². The number of carboxylic acid groups (broad SMARTS) is 1. The number of aliphatic carboxylic acids is 1. The normalized spacial score (nSPS) is 10.1. The fourth-order valence-electron chi connectivity index (χ4n) is 0.934. The Labute approximate surface area is 86.0 Å². The largest absolute Gasteiger partial charge is 0.480 e. The predicted octanol–water partition coefficient (Wildman–Crippen LogP) is 0.373. The highest BCUT2D eigenvalue weighted by Gasteiger charge is 2.03. The van der Waals surface area contributed by atoms with Crippen molar-refractivity contribution in [1.82, 2.24) is 15.3 Å². The Morgan fingerprint density at radius 2 is 2.29 bits per heavy atom. The van der Waals surface area contributed by atoms with Gasteiger partial charge in [0.25, 0.3) is 0 Å². The molecule has 1 rings (SSSR count). The smallest absolute Gasteiger partial charge is 0.317 e. The van der Waals surface area contributed by atoms with Crippen molar-refractivity contribution in [2.24, 2.45) is 0 Å². The lowest BCUT2D eigenvalue weighted by Crippen LogP contribution is -2.22. The first kappa shape index (κ1) is 10.9. The van der Waals surface area contributed by atoms with E-state index in [0.717, 1.165) is 10.7 Å². The topological polar surface area (TPSA) is 75.1 Å². The van der Waals surface area contributed by atoms with E-state index in [4.69, 9.17) is 5.11 Å². The lowest BCUT2D eigenvalue weighted by Gasteiger charge is -2.04. The van der Waals surface area contributed by atoms with Gasteiger partial charge in [0.2, 0.25) is 0 Å². The molecule has 0 bridgehead atoms. The number of aromatic nitrogens is 2. The number of thioether (sulfide) groups is 1. The number of carboxylic acids is 1. The molecule has 0 amide bonds. The highest BCUT2D eigenvalue weighted by molar-refractivity contribution is 7.98. The van der Waals surface area contributed by atoms with E-state index < -0.39 is 5.97 Å². The molecule has 1 aromatic rings. The summed E-state index contributed by atoms with van der Waals surface area (Å²) in [6.45, 7) is 0.362. The molecule has 0 saturated carbocycles. The van der Waals surface area contributed by atoms with E-state index >= 15 is 0 Å². The number of carbonyl (C=O) groups is 1. The molecule has 5 nitrogen and oxygen atoms in total. The van der Waals surface area contributed by atoms with Gasteiger partial charge in [-0.2, -0.15) is 0 Å². The van der Waals surface area contributed by atoms with Crippen molar-refractivity contribution >= 4 is 17.7 Å². The Balaban J connectivity index is 2.53. The van der Waals surface area contributed by atoms with E-state index in [1.165, 1.54) is 11.8 Å². The molecule has 0 unspecified atom stereocenters. The molecule has 6 heteroatoms. The summed E-state index contributed by atoms with van der Waals surface area (Å²) in [6.07, 6.45) is 5.12. The van der Waals surface area contributed by atoms with Crippen LogP contribution in [0.4, 0.5) is 0 Å². The zero-order valence-corrected chi connectivity index (χ0v) is 8.54. The number of nitrogens with zero attached hydrogens (tertiary/aromatic N) is 2. The maximum atomic E-state index is 10.2. The van der Waals surface area contributed by atoms with E-state index in [9.17, 15) is 4.79 Å². The summed E-state index contributed by atoms with van der Waals surface area (Å²) < 4.78 is 0. The summed E-state index contributed by atoms with van der Waals surface area (Å²) in [4.78, 5) is 18.5. The minimum absolute atomic E-state index is 0.0651. The predicted molar refractivity (Wildman–Crippen MR) is 53.2 cm³/mol. The molecule has 76 valence electrons. The quantitative estimate of drug-likeness (QED) is 0.688. The van der Waals surface area contributed by atoms with Crippen LogP contribution in [0.25, 0.3) is 0 Å². The molecular weight excluding hydrogens is 202 g/mol. The average molecular weight is 213 g/mol. The molecule has 14 heavy (non-hydrogen) atoms. The first-order valence-corrected chi connectivity index (χ1v) is 5.23. The first-order valence-electron chi connectivity index (χ1n) is 4.00. The molecule has 0 aliphatic rings. The molecule has 0 radical (unpaired) electrons. The Hall–Kier alpha value is -1.14. The van der Waals surface area contributed by atoms with Crippen molar-refractivity contribution in [2.45, 2.75) is 11.6 Å². The van der Waals surface area contributed by atoms with Crippen LogP contribution >= 0.6 is 11.8 Å². The highest BCUT2D eigenvalue weighted by atomic mass is 32.2. The molecule has 0 saturated heterocycles. The second-order valence-corrected chi connectivity index (χ2v) is 3.30. The number of rotatable bonds is 5. The lowest BCUT2D eigenvalue weighted by molar-refractivity contribution is -0.136. The summed E-state index contributed by atoms with van der Waals surface area (Å²) >= 11 is 1.49. The SMILES string of the molecule is CSc1nccnc1CNCC(=O)O. The molecule has 1 heterocycles. The zero-order chi connectivity index (χ0) is 10.4. The monoisotopic (exact) mass is 213 g/mol. The van der Waals surface area contributed by atoms with Crippen LogP contribution in [0.15, 0.2) is 17.4 Å².